The zero-order valence-corrected chi connectivity index (χ0v) is 17.8. The van der Waals surface area contributed by atoms with E-state index in [9.17, 15) is 9.59 Å². The Morgan fingerprint density at radius 2 is 1.29 bits per heavy atom. The first-order valence-corrected chi connectivity index (χ1v) is 9.59. The van der Waals surface area contributed by atoms with Gasteiger partial charge >= 0.3 is 11.9 Å². The molecule has 0 saturated carbocycles. The third-order valence-electron chi connectivity index (χ3n) is 3.63. The van der Waals surface area contributed by atoms with Crippen LogP contribution in [-0.4, -0.2) is 82.2 Å². The monoisotopic (exact) mass is 410 g/mol. The van der Waals surface area contributed by atoms with Crippen LogP contribution in [0, 0.1) is 0 Å². The fourth-order valence-electron chi connectivity index (χ4n) is 1.78. The minimum Gasteiger partial charge on any atom is -0.481 e. The highest BCUT2D eigenvalue weighted by Gasteiger charge is 2.21. The van der Waals surface area contributed by atoms with Crippen LogP contribution in [0.4, 0.5) is 0 Å². The highest BCUT2D eigenvalue weighted by atomic mass is 16.6. The lowest BCUT2D eigenvalue weighted by atomic mass is 10.1. The average Bonchev–Trinajstić information content (AvgIpc) is 2.60. The van der Waals surface area contributed by atoms with Crippen LogP contribution in [0.25, 0.3) is 0 Å². The number of hydrogen-bond donors (Lipinski definition) is 4. The number of aliphatic hydroxyl groups is 3. The first kappa shape index (κ1) is 28.9. The van der Waals surface area contributed by atoms with E-state index in [-0.39, 0.29) is 38.3 Å². The quantitative estimate of drug-likeness (QED) is 0.328. The fraction of sp³-hybridized carbons (Fsp3) is 0.895. The zero-order valence-electron chi connectivity index (χ0n) is 17.8. The summed E-state index contributed by atoms with van der Waals surface area (Å²) in [6.07, 6.45) is -2.28. The van der Waals surface area contributed by atoms with E-state index in [2.05, 4.69) is 0 Å². The number of esters is 1. The maximum absolute atomic E-state index is 11.4. The number of carboxylic acids is 1. The van der Waals surface area contributed by atoms with E-state index in [0.717, 1.165) is 0 Å². The third-order valence-corrected chi connectivity index (χ3v) is 3.63. The summed E-state index contributed by atoms with van der Waals surface area (Å²) < 4.78 is 15.5. The number of aliphatic carboxylic acids is 1. The number of hydrogen-bond acceptors (Lipinski definition) is 8. The molecule has 6 atom stereocenters. The summed E-state index contributed by atoms with van der Waals surface area (Å²) in [4.78, 5) is 21.7. The lowest BCUT2D eigenvalue weighted by Gasteiger charge is -2.23. The molecular formula is C19H38O9. The van der Waals surface area contributed by atoms with Crippen LogP contribution in [0.1, 0.15) is 60.8 Å². The van der Waals surface area contributed by atoms with Crippen molar-refractivity contribution in [2.24, 2.45) is 0 Å². The normalized spacial score (nSPS) is 17.3. The molecule has 168 valence electrons. The summed E-state index contributed by atoms with van der Waals surface area (Å²) in [5.41, 5.74) is 0. The predicted molar refractivity (Wildman–Crippen MR) is 103 cm³/mol. The number of carbonyl (C=O) groups excluding carboxylic acids is 1. The Morgan fingerprint density at radius 1 is 0.821 bits per heavy atom. The van der Waals surface area contributed by atoms with Gasteiger partial charge in [0.05, 0.1) is 56.6 Å². The van der Waals surface area contributed by atoms with Gasteiger partial charge in [-0.3, -0.25) is 9.59 Å². The molecule has 6 unspecified atom stereocenters. The van der Waals surface area contributed by atoms with E-state index >= 15 is 0 Å². The maximum atomic E-state index is 11.4. The maximum Gasteiger partial charge on any atom is 0.306 e. The molecule has 0 heterocycles. The second kappa shape index (κ2) is 16.7. The molecule has 0 fully saturated rings. The minimum absolute atomic E-state index is 0.144. The summed E-state index contributed by atoms with van der Waals surface area (Å²) in [7, 11) is 0. The summed E-state index contributed by atoms with van der Waals surface area (Å²) in [5.74, 6) is -1.57. The molecule has 0 aliphatic rings. The van der Waals surface area contributed by atoms with Crippen LogP contribution < -0.4 is 0 Å². The number of aliphatic hydroxyl groups excluding tert-OH is 3. The van der Waals surface area contributed by atoms with Crippen molar-refractivity contribution in [3.63, 3.8) is 0 Å². The predicted octanol–water partition coefficient (Wildman–Crippen LogP) is 1.11. The second-order valence-corrected chi connectivity index (χ2v) is 6.85. The lowest BCUT2D eigenvalue weighted by molar-refractivity contribution is -0.160. The third kappa shape index (κ3) is 18.1. The number of rotatable bonds is 13. The van der Waals surface area contributed by atoms with Gasteiger partial charge in [0.25, 0.3) is 0 Å². The van der Waals surface area contributed by atoms with E-state index in [1.807, 2.05) is 6.92 Å². The molecule has 0 aliphatic carbocycles. The highest BCUT2D eigenvalue weighted by molar-refractivity contribution is 5.76. The van der Waals surface area contributed by atoms with Gasteiger partial charge in [0, 0.05) is 0 Å². The molecule has 4 N–H and O–H groups in total. The SMILES string of the molecule is CC(O)COC(C)C(C)O.CCC(OC(=O)CCC(=O)O)C(C)OCC(C)O. The lowest BCUT2D eigenvalue weighted by Crippen LogP contribution is -2.32. The van der Waals surface area contributed by atoms with Gasteiger partial charge in [-0.15, -0.1) is 0 Å². The molecule has 9 heteroatoms. The van der Waals surface area contributed by atoms with Crippen LogP contribution in [0.3, 0.4) is 0 Å². The Bertz CT molecular complexity index is 410. The number of carbonyl (C=O) groups is 2. The fourth-order valence-corrected chi connectivity index (χ4v) is 1.78. The van der Waals surface area contributed by atoms with Crippen LogP contribution in [0.5, 0.6) is 0 Å². The molecule has 0 rings (SSSR count). The average molecular weight is 411 g/mol. The first-order chi connectivity index (χ1) is 12.9. The summed E-state index contributed by atoms with van der Waals surface area (Å²) in [6.45, 7) is 10.7. The standard InChI is InChI=1S/C12H22O6.C7H16O3/c1-4-10(9(3)17-7-8(2)13)18-12(16)6-5-11(14)15;1-5(8)4-10-7(3)6(2)9/h8-10,13H,4-7H2,1-3H3,(H,14,15);5-9H,4H2,1-3H3. The zero-order chi connectivity index (χ0) is 22.3. The second-order valence-electron chi connectivity index (χ2n) is 6.85. The van der Waals surface area contributed by atoms with E-state index < -0.39 is 36.4 Å². The van der Waals surface area contributed by atoms with Crippen molar-refractivity contribution in [3.05, 3.63) is 0 Å². The Balaban J connectivity index is 0. The highest BCUT2D eigenvalue weighted by Crippen LogP contribution is 2.10. The van der Waals surface area contributed by atoms with E-state index in [1.165, 1.54) is 0 Å². The molecular weight excluding hydrogens is 372 g/mol. The van der Waals surface area contributed by atoms with Crippen molar-refractivity contribution in [2.75, 3.05) is 13.2 Å². The first-order valence-electron chi connectivity index (χ1n) is 9.59. The number of ether oxygens (including phenoxy) is 3. The van der Waals surface area contributed by atoms with Gasteiger partial charge in [-0.2, -0.15) is 0 Å². The molecule has 9 nitrogen and oxygen atoms in total. The Kier molecular flexibility index (Phi) is 17.2. The van der Waals surface area contributed by atoms with E-state index in [0.29, 0.717) is 6.42 Å². The molecule has 28 heavy (non-hydrogen) atoms. The molecule has 0 radical (unpaired) electrons. The number of carboxylic acid groups (broad SMARTS) is 1. The van der Waals surface area contributed by atoms with E-state index in [4.69, 9.17) is 34.6 Å². The van der Waals surface area contributed by atoms with Crippen LogP contribution in [0.2, 0.25) is 0 Å². The Hall–Kier alpha value is -1.26. The van der Waals surface area contributed by atoms with Crippen molar-refractivity contribution in [3.8, 4) is 0 Å². The molecule has 0 saturated heterocycles. The van der Waals surface area contributed by atoms with Crippen molar-refractivity contribution in [1.82, 2.24) is 0 Å². The van der Waals surface area contributed by atoms with Crippen molar-refractivity contribution in [2.45, 2.75) is 97.4 Å². The van der Waals surface area contributed by atoms with Gasteiger partial charge in [-0.25, -0.2) is 0 Å². The van der Waals surface area contributed by atoms with Gasteiger partial charge in [-0.1, -0.05) is 6.92 Å². The minimum atomic E-state index is -1.03. The Labute approximate surface area is 167 Å². The van der Waals surface area contributed by atoms with Crippen molar-refractivity contribution < 1.29 is 44.2 Å². The smallest absolute Gasteiger partial charge is 0.306 e. The van der Waals surface area contributed by atoms with Gasteiger partial charge in [0.15, 0.2) is 0 Å². The van der Waals surface area contributed by atoms with Crippen molar-refractivity contribution in [1.29, 1.82) is 0 Å². The van der Waals surface area contributed by atoms with Gasteiger partial charge in [-0.05, 0) is 41.0 Å². The summed E-state index contributed by atoms with van der Waals surface area (Å²) >= 11 is 0. The molecule has 0 aliphatic heterocycles. The molecule has 0 amide bonds. The summed E-state index contributed by atoms with van der Waals surface area (Å²) in [6, 6.07) is 0. The van der Waals surface area contributed by atoms with Gasteiger partial charge < -0.3 is 34.6 Å². The molecule has 0 aromatic carbocycles. The topological polar surface area (TPSA) is 143 Å². The van der Waals surface area contributed by atoms with Gasteiger partial charge in [0.2, 0.25) is 0 Å². The Morgan fingerprint density at radius 3 is 1.64 bits per heavy atom. The van der Waals surface area contributed by atoms with Crippen LogP contribution >= 0.6 is 0 Å². The summed E-state index contributed by atoms with van der Waals surface area (Å²) in [5, 5.41) is 35.2. The van der Waals surface area contributed by atoms with Gasteiger partial charge in [0.1, 0.15) is 6.10 Å². The largest absolute Gasteiger partial charge is 0.481 e. The molecule has 0 aromatic rings. The molecule has 0 aromatic heterocycles. The molecule has 0 spiro atoms. The van der Waals surface area contributed by atoms with Crippen molar-refractivity contribution >= 4 is 11.9 Å². The van der Waals surface area contributed by atoms with Crippen LogP contribution in [-0.2, 0) is 23.8 Å². The van der Waals surface area contributed by atoms with E-state index in [1.54, 1.807) is 34.6 Å². The molecule has 0 bridgehead atoms. The van der Waals surface area contributed by atoms with Crippen LogP contribution in [0.15, 0.2) is 0 Å².